The second-order valence-electron chi connectivity index (χ2n) is 5.08. The van der Waals surface area contributed by atoms with Crippen LogP contribution in [0.3, 0.4) is 0 Å². The van der Waals surface area contributed by atoms with Crippen molar-refractivity contribution in [2.45, 2.75) is 25.9 Å². The van der Waals surface area contributed by atoms with Crippen molar-refractivity contribution in [1.29, 1.82) is 0 Å². The Morgan fingerprint density at radius 2 is 2.21 bits per heavy atom. The average molecular weight is 262 g/mol. The number of rotatable bonds is 5. The van der Waals surface area contributed by atoms with Gasteiger partial charge in [0.25, 0.3) is 0 Å². The molecule has 1 aliphatic heterocycles. The highest BCUT2D eigenvalue weighted by atomic mass is 16.5. The van der Waals surface area contributed by atoms with Gasteiger partial charge in [0.1, 0.15) is 0 Å². The van der Waals surface area contributed by atoms with Crippen LogP contribution in [0.4, 0.5) is 5.69 Å². The predicted octanol–water partition coefficient (Wildman–Crippen LogP) is 2.16. The van der Waals surface area contributed by atoms with Gasteiger partial charge in [0.2, 0.25) is 5.91 Å². The summed E-state index contributed by atoms with van der Waals surface area (Å²) in [5.41, 5.74) is 1.93. The fraction of sp³-hybridized carbons (Fsp3) is 0.533. The van der Waals surface area contributed by atoms with Crippen molar-refractivity contribution in [2.75, 3.05) is 25.5 Å². The van der Waals surface area contributed by atoms with E-state index in [0.717, 1.165) is 37.2 Å². The van der Waals surface area contributed by atoms with Crippen molar-refractivity contribution in [2.24, 2.45) is 5.92 Å². The smallest absolute Gasteiger partial charge is 0.224 e. The number of nitrogens with one attached hydrogen (secondary N) is 2. The number of hydrogen-bond acceptors (Lipinski definition) is 3. The number of anilines is 1. The first-order chi connectivity index (χ1) is 9.28. The minimum absolute atomic E-state index is 0.112. The van der Waals surface area contributed by atoms with Crippen molar-refractivity contribution in [1.82, 2.24) is 5.32 Å². The second kappa shape index (κ2) is 7.26. The van der Waals surface area contributed by atoms with Crippen molar-refractivity contribution in [3.8, 4) is 0 Å². The summed E-state index contributed by atoms with van der Waals surface area (Å²) in [5.74, 6) is 0.630. The number of hydrogen-bond donors (Lipinski definition) is 2. The predicted molar refractivity (Wildman–Crippen MR) is 76.0 cm³/mol. The van der Waals surface area contributed by atoms with E-state index >= 15 is 0 Å². The molecule has 1 heterocycles. The largest absolute Gasteiger partial charge is 0.380 e. The van der Waals surface area contributed by atoms with E-state index in [9.17, 15) is 4.79 Å². The van der Waals surface area contributed by atoms with Crippen LogP contribution < -0.4 is 10.6 Å². The zero-order valence-electron chi connectivity index (χ0n) is 11.4. The number of amides is 1. The van der Waals surface area contributed by atoms with E-state index < -0.39 is 0 Å². The maximum Gasteiger partial charge on any atom is 0.224 e. The number of carbonyl (C=O) groups is 1. The topological polar surface area (TPSA) is 50.4 Å². The molecule has 1 aliphatic rings. The highest BCUT2D eigenvalue weighted by Crippen LogP contribution is 2.18. The van der Waals surface area contributed by atoms with E-state index in [1.807, 2.05) is 24.3 Å². The van der Waals surface area contributed by atoms with E-state index in [-0.39, 0.29) is 5.91 Å². The Hall–Kier alpha value is -1.39. The highest BCUT2D eigenvalue weighted by Gasteiger charge is 2.16. The van der Waals surface area contributed by atoms with Crippen LogP contribution in [-0.4, -0.2) is 26.1 Å². The summed E-state index contributed by atoms with van der Waals surface area (Å²) < 4.78 is 5.09. The zero-order valence-corrected chi connectivity index (χ0v) is 11.4. The molecule has 0 aromatic heterocycles. The second-order valence-corrected chi connectivity index (χ2v) is 5.08. The van der Waals surface area contributed by atoms with E-state index in [1.165, 1.54) is 0 Å². The van der Waals surface area contributed by atoms with Crippen molar-refractivity contribution >= 4 is 11.6 Å². The Labute approximate surface area is 114 Å². The molecule has 1 fully saturated rings. The molecule has 0 aliphatic carbocycles. The summed E-state index contributed by atoms with van der Waals surface area (Å²) in [6.45, 7) is 2.63. The molecule has 0 saturated carbocycles. The summed E-state index contributed by atoms with van der Waals surface area (Å²) in [6, 6.07) is 7.81. The first kappa shape index (κ1) is 14.0. The fourth-order valence-corrected chi connectivity index (χ4v) is 2.47. The minimum Gasteiger partial charge on any atom is -0.380 e. The van der Waals surface area contributed by atoms with Gasteiger partial charge in [0, 0.05) is 19.2 Å². The molecule has 1 saturated heterocycles. The minimum atomic E-state index is 0.112. The van der Waals surface area contributed by atoms with Gasteiger partial charge in [0.05, 0.1) is 6.61 Å². The van der Waals surface area contributed by atoms with E-state index in [0.29, 0.717) is 18.9 Å². The van der Waals surface area contributed by atoms with Gasteiger partial charge in [-0.2, -0.15) is 0 Å². The number of benzene rings is 1. The van der Waals surface area contributed by atoms with Crippen LogP contribution in [0.1, 0.15) is 24.8 Å². The molecule has 104 valence electrons. The molecule has 4 heteroatoms. The van der Waals surface area contributed by atoms with Crippen LogP contribution in [0.2, 0.25) is 0 Å². The van der Waals surface area contributed by atoms with Gasteiger partial charge in [-0.25, -0.2) is 0 Å². The Bertz CT molecular complexity index is 414. The van der Waals surface area contributed by atoms with Crippen molar-refractivity contribution < 1.29 is 9.53 Å². The summed E-state index contributed by atoms with van der Waals surface area (Å²) in [7, 11) is 1.67. The molecule has 0 unspecified atom stereocenters. The molecular formula is C15H22N2O2. The third-order valence-corrected chi connectivity index (χ3v) is 3.45. The Morgan fingerprint density at radius 3 is 2.95 bits per heavy atom. The maximum absolute atomic E-state index is 12.0. The van der Waals surface area contributed by atoms with Gasteiger partial charge >= 0.3 is 0 Å². The molecule has 0 radical (unpaired) electrons. The summed E-state index contributed by atoms with van der Waals surface area (Å²) in [6.07, 6.45) is 2.81. The van der Waals surface area contributed by atoms with Gasteiger partial charge in [0.15, 0.2) is 0 Å². The highest BCUT2D eigenvalue weighted by molar-refractivity contribution is 5.90. The van der Waals surface area contributed by atoms with Crippen LogP contribution in [0.25, 0.3) is 0 Å². The van der Waals surface area contributed by atoms with Gasteiger partial charge in [-0.3, -0.25) is 4.79 Å². The molecule has 0 bridgehead atoms. The standard InChI is InChI=1S/C15H22N2O2/c1-19-11-13-3-2-4-14(9-13)17-15(18)10-12-5-7-16-8-6-12/h2-4,9,12,16H,5-8,10-11H2,1H3,(H,17,18). The first-order valence-corrected chi connectivity index (χ1v) is 6.86. The third-order valence-electron chi connectivity index (χ3n) is 3.45. The molecule has 0 atom stereocenters. The van der Waals surface area contributed by atoms with Crippen LogP contribution in [0.15, 0.2) is 24.3 Å². The van der Waals surface area contributed by atoms with Gasteiger partial charge in [-0.15, -0.1) is 0 Å². The molecule has 1 aromatic carbocycles. The average Bonchev–Trinajstić information content (AvgIpc) is 2.40. The van der Waals surface area contributed by atoms with Gasteiger partial charge in [-0.1, -0.05) is 12.1 Å². The van der Waals surface area contributed by atoms with Crippen molar-refractivity contribution in [3.63, 3.8) is 0 Å². The third kappa shape index (κ3) is 4.65. The lowest BCUT2D eigenvalue weighted by molar-refractivity contribution is -0.117. The summed E-state index contributed by atoms with van der Waals surface area (Å²) in [5, 5.41) is 6.29. The van der Waals surface area contributed by atoms with Crippen LogP contribution in [0.5, 0.6) is 0 Å². The molecule has 1 amide bonds. The maximum atomic E-state index is 12.0. The lowest BCUT2D eigenvalue weighted by atomic mass is 9.94. The normalized spacial score (nSPS) is 16.3. The van der Waals surface area contributed by atoms with Gasteiger partial charge < -0.3 is 15.4 Å². The number of ether oxygens (including phenoxy) is 1. The molecule has 0 spiro atoms. The number of carbonyl (C=O) groups excluding carboxylic acids is 1. The zero-order chi connectivity index (χ0) is 13.5. The fourth-order valence-electron chi connectivity index (χ4n) is 2.47. The lowest BCUT2D eigenvalue weighted by Crippen LogP contribution is -2.30. The molecule has 1 aromatic rings. The molecule has 4 nitrogen and oxygen atoms in total. The van der Waals surface area contributed by atoms with Crippen molar-refractivity contribution in [3.05, 3.63) is 29.8 Å². The summed E-state index contributed by atoms with van der Waals surface area (Å²) in [4.78, 5) is 12.0. The molecule has 2 rings (SSSR count). The lowest BCUT2D eigenvalue weighted by Gasteiger charge is -2.21. The van der Waals surface area contributed by atoms with E-state index in [4.69, 9.17) is 4.74 Å². The van der Waals surface area contributed by atoms with Crippen LogP contribution >= 0.6 is 0 Å². The Balaban J connectivity index is 1.85. The first-order valence-electron chi connectivity index (χ1n) is 6.86. The van der Waals surface area contributed by atoms with Gasteiger partial charge in [-0.05, 0) is 49.5 Å². The van der Waals surface area contributed by atoms with Crippen LogP contribution in [-0.2, 0) is 16.1 Å². The molecule has 19 heavy (non-hydrogen) atoms. The monoisotopic (exact) mass is 262 g/mol. The molecular weight excluding hydrogens is 240 g/mol. The quantitative estimate of drug-likeness (QED) is 0.855. The summed E-state index contributed by atoms with van der Waals surface area (Å²) >= 11 is 0. The molecule has 2 N–H and O–H groups in total. The number of methoxy groups -OCH3 is 1. The Morgan fingerprint density at radius 1 is 1.42 bits per heavy atom. The van der Waals surface area contributed by atoms with Crippen LogP contribution in [0, 0.1) is 5.92 Å². The van der Waals surface area contributed by atoms with E-state index in [2.05, 4.69) is 10.6 Å². The Kier molecular flexibility index (Phi) is 5.36. The number of piperidine rings is 1. The van der Waals surface area contributed by atoms with E-state index in [1.54, 1.807) is 7.11 Å². The SMILES string of the molecule is COCc1cccc(NC(=O)CC2CCNCC2)c1.